The van der Waals surface area contributed by atoms with Gasteiger partial charge in [0.1, 0.15) is 23.3 Å². The van der Waals surface area contributed by atoms with Crippen LogP contribution in [0.5, 0.6) is 0 Å². The van der Waals surface area contributed by atoms with Crippen LogP contribution in [0.1, 0.15) is 21.7 Å². The highest BCUT2D eigenvalue weighted by molar-refractivity contribution is 5.96. The number of anilines is 3. The molecule has 0 aliphatic heterocycles. The largest absolute Gasteiger partial charge is 0.368 e. The zero-order valence-corrected chi connectivity index (χ0v) is 17.5. The predicted octanol–water partition coefficient (Wildman–Crippen LogP) is 2.19. The minimum Gasteiger partial charge on any atom is -0.368 e. The van der Waals surface area contributed by atoms with E-state index in [1.165, 1.54) is 0 Å². The molecule has 9 nitrogen and oxygen atoms in total. The number of nitrogens with zero attached hydrogens (tertiary/aromatic N) is 3. The first-order valence-electron chi connectivity index (χ1n) is 9.89. The first-order chi connectivity index (χ1) is 15.0. The summed E-state index contributed by atoms with van der Waals surface area (Å²) in [5.74, 6) is 2.02. The van der Waals surface area contributed by atoms with Gasteiger partial charge in [-0.15, -0.1) is 0 Å². The molecule has 3 aromatic rings. The Morgan fingerprint density at radius 2 is 1.65 bits per heavy atom. The molecule has 0 saturated carbocycles. The molecular formula is C22H25N7O2. The number of rotatable bonds is 9. The molecule has 2 heterocycles. The molecule has 2 aromatic heterocycles. The summed E-state index contributed by atoms with van der Waals surface area (Å²) in [5.41, 5.74) is 1.61. The van der Waals surface area contributed by atoms with Crippen molar-refractivity contribution in [2.45, 2.75) is 13.8 Å². The predicted molar refractivity (Wildman–Crippen MR) is 119 cm³/mol. The fourth-order valence-electron chi connectivity index (χ4n) is 2.77. The van der Waals surface area contributed by atoms with Crippen molar-refractivity contribution in [1.82, 2.24) is 25.6 Å². The van der Waals surface area contributed by atoms with E-state index >= 15 is 0 Å². The molecule has 9 heteroatoms. The van der Waals surface area contributed by atoms with E-state index in [1.807, 2.05) is 25.1 Å². The Bertz CT molecular complexity index is 1040. The molecule has 0 radical (unpaired) electrons. The van der Waals surface area contributed by atoms with Crippen molar-refractivity contribution < 1.29 is 9.59 Å². The monoisotopic (exact) mass is 419 g/mol. The van der Waals surface area contributed by atoms with E-state index in [4.69, 9.17) is 0 Å². The van der Waals surface area contributed by atoms with Gasteiger partial charge in [-0.3, -0.25) is 9.59 Å². The van der Waals surface area contributed by atoms with Crippen molar-refractivity contribution >= 4 is 29.3 Å². The minimum atomic E-state index is -0.284. The number of amides is 2. The SMILES string of the molecule is Cc1ccnc(Nc2cc(NCCNC(=O)CNC(=O)c3ccccc3)nc(C)n2)c1. The minimum absolute atomic E-state index is 0.0854. The normalized spacial score (nSPS) is 10.3. The molecule has 2 amide bonds. The summed E-state index contributed by atoms with van der Waals surface area (Å²) in [6.45, 7) is 4.56. The fraction of sp³-hybridized carbons (Fsp3) is 0.227. The third-order valence-electron chi connectivity index (χ3n) is 4.21. The highest BCUT2D eigenvalue weighted by Gasteiger charge is 2.07. The van der Waals surface area contributed by atoms with Gasteiger partial charge < -0.3 is 21.3 Å². The molecule has 160 valence electrons. The van der Waals surface area contributed by atoms with Gasteiger partial charge in [0.25, 0.3) is 5.91 Å². The summed E-state index contributed by atoms with van der Waals surface area (Å²) >= 11 is 0. The molecule has 0 spiro atoms. The zero-order valence-electron chi connectivity index (χ0n) is 17.5. The number of hydrogen-bond acceptors (Lipinski definition) is 7. The van der Waals surface area contributed by atoms with Crippen LogP contribution < -0.4 is 21.3 Å². The second-order valence-corrected chi connectivity index (χ2v) is 6.85. The maximum atomic E-state index is 11.9. The van der Waals surface area contributed by atoms with E-state index < -0.39 is 0 Å². The highest BCUT2D eigenvalue weighted by Crippen LogP contribution is 2.16. The molecule has 1 aromatic carbocycles. The van der Waals surface area contributed by atoms with Crippen LogP contribution in [0.3, 0.4) is 0 Å². The van der Waals surface area contributed by atoms with E-state index in [-0.39, 0.29) is 18.4 Å². The standard InChI is InChI=1S/C22H25N7O2/c1-15-8-9-23-18(12-15)29-20-13-19(27-16(2)28-20)24-10-11-25-21(30)14-26-22(31)17-6-4-3-5-7-17/h3-9,12-13H,10-11,14H2,1-2H3,(H,25,30)(H,26,31)(H2,23,24,27,28,29). The lowest BCUT2D eigenvalue weighted by Gasteiger charge is -2.11. The number of nitrogens with one attached hydrogen (secondary N) is 4. The van der Waals surface area contributed by atoms with Gasteiger partial charge in [-0.05, 0) is 43.7 Å². The Morgan fingerprint density at radius 1 is 0.871 bits per heavy atom. The Hall–Kier alpha value is -4.01. The fourth-order valence-corrected chi connectivity index (χ4v) is 2.77. The molecule has 0 atom stereocenters. The molecule has 0 unspecified atom stereocenters. The third kappa shape index (κ3) is 7.07. The van der Waals surface area contributed by atoms with E-state index in [2.05, 4.69) is 36.2 Å². The molecule has 31 heavy (non-hydrogen) atoms. The van der Waals surface area contributed by atoms with Crippen LogP contribution in [0.4, 0.5) is 17.5 Å². The van der Waals surface area contributed by atoms with Gasteiger partial charge in [0.15, 0.2) is 0 Å². The van der Waals surface area contributed by atoms with E-state index in [9.17, 15) is 9.59 Å². The number of pyridine rings is 1. The summed E-state index contributed by atoms with van der Waals surface area (Å²) in [7, 11) is 0. The number of aromatic nitrogens is 3. The van der Waals surface area contributed by atoms with Crippen molar-refractivity contribution in [3.8, 4) is 0 Å². The molecule has 0 aliphatic carbocycles. The van der Waals surface area contributed by atoms with Crippen molar-refractivity contribution in [2.75, 3.05) is 30.3 Å². The smallest absolute Gasteiger partial charge is 0.251 e. The maximum absolute atomic E-state index is 11.9. The number of carbonyl (C=O) groups excluding carboxylic acids is 2. The van der Waals surface area contributed by atoms with Gasteiger partial charge in [-0.1, -0.05) is 18.2 Å². The van der Waals surface area contributed by atoms with Gasteiger partial charge in [0.05, 0.1) is 6.54 Å². The van der Waals surface area contributed by atoms with Gasteiger partial charge in [-0.25, -0.2) is 15.0 Å². The molecule has 3 rings (SSSR count). The summed E-state index contributed by atoms with van der Waals surface area (Å²) < 4.78 is 0. The first kappa shape index (κ1) is 21.7. The van der Waals surface area contributed by atoms with E-state index in [0.717, 1.165) is 5.56 Å². The van der Waals surface area contributed by atoms with E-state index in [1.54, 1.807) is 43.5 Å². The second kappa shape index (κ2) is 10.7. The number of hydrogen-bond donors (Lipinski definition) is 4. The lowest BCUT2D eigenvalue weighted by atomic mass is 10.2. The Morgan fingerprint density at radius 3 is 2.42 bits per heavy atom. The Labute approximate surface area is 180 Å². The quantitative estimate of drug-likeness (QED) is 0.392. The number of benzene rings is 1. The van der Waals surface area contributed by atoms with Crippen molar-refractivity contribution in [1.29, 1.82) is 0 Å². The Kier molecular flexibility index (Phi) is 7.47. The molecular weight excluding hydrogens is 394 g/mol. The van der Waals surface area contributed by atoms with Gasteiger partial charge in [0, 0.05) is 30.9 Å². The van der Waals surface area contributed by atoms with E-state index in [0.29, 0.717) is 41.9 Å². The molecule has 0 fully saturated rings. The van der Waals surface area contributed by atoms with Crippen LogP contribution in [0.25, 0.3) is 0 Å². The van der Waals surface area contributed by atoms with Gasteiger partial charge in [0.2, 0.25) is 5.91 Å². The third-order valence-corrected chi connectivity index (χ3v) is 4.21. The van der Waals surface area contributed by atoms with Crippen LogP contribution in [-0.4, -0.2) is 46.4 Å². The highest BCUT2D eigenvalue weighted by atomic mass is 16.2. The second-order valence-electron chi connectivity index (χ2n) is 6.85. The number of carbonyl (C=O) groups is 2. The Balaban J connectivity index is 1.42. The van der Waals surface area contributed by atoms with Crippen LogP contribution in [0, 0.1) is 13.8 Å². The topological polar surface area (TPSA) is 121 Å². The summed E-state index contributed by atoms with van der Waals surface area (Å²) in [4.78, 5) is 36.9. The average molecular weight is 419 g/mol. The maximum Gasteiger partial charge on any atom is 0.251 e. The summed E-state index contributed by atoms with van der Waals surface area (Å²) in [6.07, 6.45) is 1.73. The summed E-state index contributed by atoms with van der Waals surface area (Å²) in [5, 5.41) is 11.7. The molecule has 0 saturated heterocycles. The van der Waals surface area contributed by atoms with Gasteiger partial charge in [-0.2, -0.15) is 0 Å². The van der Waals surface area contributed by atoms with Gasteiger partial charge >= 0.3 is 0 Å². The molecule has 0 aliphatic rings. The van der Waals surface area contributed by atoms with Crippen molar-refractivity contribution in [3.63, 3.8) is 0 Å². The van der Waals surface area contributed by atoms with Crippen molar-refractivity contribution in [3.05, 3.63) is 71.7 Å². The first-order valence-corrected chi connectivity index (χ1v) is 9.89. The van der Waals surface area contributed by atoms with Crippen LogP contribution >= 0.6 is 0 Å². The average Bonchev–Trinajstić information content (AvgIpc) is 2.75. The van der Waals surface area contributed by atoms with Crippen LogP contribution in [0.15, 0.2) is 54.7 Å². The zero-order chi connectivity index (χ0) is 22.1. The lowest BCUT2D eigenvalue weighted by molar-refractivity contribution is -0.120. The lowest BCUT2D eigenvalue weighted by Crippen LogP contribution is -2.38. The van der Waals surface area contributed by atoms with Crippen LogP contribution in [0.2, 0.25) is 0 Å². The summed E-state index contributed by atoms with van der Waals surface area (Å²) in [6, 6.07) is 14.4. The van der Waals surface area contributed by atoms with Crippen LogP contribution in [-0.2, 0) is 4.79 Å². The molecule has 0 bridgehead atoms. The van der Waals surface area contributed by atoms with Crippen molar-refractivity contribution in [2.24, 2.45) is 0 Å². The number of aryl methyl sites for hydroxylation is 2. The molecule has 4 N–H and O–H groups in total.